The second kappa shape index (κ2) is 7.57. The van der Waals surface area contributed by atoms with Crippen molar-refractivity contribution < 1.29 is 4.79 Å². The first kappa shape index (κ1) is 15.2. The number of rotatable bonds is 5. The van der Waals surface area contributed by atoms with Crippen molar-refractivity contribution in [2.45, 2.75) is 25.3 Å². The first-order valence-electron chi connectivity index (χ1n) is 6.99. The third-order valence-electron chi connectivity index (χ3n) is 3.57. The van der Waals surface area contributed by atoms with Gasteiger partial charge in [-0.1, -0.05) is 18.0 Å². The lowest BCUT2D eigenvalue weighted by molar-refractivity contribution is -0.118. The standard InChI is InChI=1S/C14H21ClN4O/c1-16-9-11-5-2-3-8-19(11)10-13(20)18-12-6-4-7-17-14(12)15/h4,6-7,11,16H,2-3,5,8-10H2,1H3,(H,18,20). The van der Waals surface area contributed by atoms with Gasteiger partial charge in [0, 0.05) is 18.8 Å². The lowest BCUT2D eigenvalue weighted by atomic mass is 10.0. The molecule has 2 N–H and O–H groups in total. The zero-order valence-corrected chi connectivity index (χ0v) is 12.5. The largest absolute Gasteiger partial charge is 0.322 e. The Labute approximate surface area is 124 Å². The maximum Gasteiger partial charge on any atom is 0.238 e. The van der Waals surface area contributed by atoms with E-state index in [-0.39, 0.29) is 5.91 Å². The summed E-state index contributed by atoms with van der Waals surface area (Å²) >= 11 is 5.94. The lowest BCUT2D eigenvalue weighted by Gasteiger charge is -2.35. The van der Waals surface area contributed by atoms with Crippen LogP contribution in [0.15, 0.2) is 18.3 Å². The first-order chi connectivity index (χ1) is 9.70. The van der Waals surface area contributed by atoms with Crippen molar-refractivity contribution in [1.29, 1.82) is 0 Å². The number of likely N-dealkylation sites (tertiary alicyclic amines) is 1. The van der Waals surface area contributed by atoms with E-state index in [0.717, 1.165) is 25.9 Å². The summed E-state index contributed by atoms with van der Waals surface area (Å²) in [6.07, 6.45) is 5.13. The number of hydrogen-bond acceptors (Lipinski definition) is 4. The number of hydrogen-bond donors (Lipinski definition) is 2. The van der Waals surface area contributed by atoms with E-state index in [1.54, 1.807) is 18.3 Å². The van der Waals surface area contributed by atoms with Gasteiger partial charge in [-0.15, -0.1) is 0 Å². The van der Waals surface area contributed by atoms with E-state index in [2.05, 4.69) is 20.5 Å². The molecule has 0 saturated carbocycles. The van der Waals surface area contributed by atoms with Crippen LogP contribution in [-0.2, 0) is 4.79 Å². The number of halogens is 1. The summed E-state index contributed by atoms with van der Waals surface area (Å²) in [5.74, 6) is -0.0390. The van der Waals surface area contributed by atoms with Gasteiger partial charge in [-0.25, -0.2) is 4.98 Å². The molecule has 1 aromatic heterocycles. The number of carbonyl (C=O) groups excluding carboxylic acids is 1. The summed E-state index contributed by atoms with van der Waals surface area (Å²) in [5, 5.41) is 6.34. The van der Waals surface area contributed by atoms with Crippen molar-refractivity contribution in [3.63, 3.8) is 0 Å². The molecule has 0 spiro atoms. The Hall–Kier alpha value is -1.17. The topological polar surface area (TPSA) is 57.3 Å². The SMILES string of the molecule is CNCC1CCCCN1CC(=O)Nc1cccnc1Cl. The molecule has 1 saturated heterocycles. The highest BCUT2D eigenvalue weighted by molar-refractivity contribution is 6.32. The summed E-state index contributed by atoms with van der Waals surface area (Å²) in [5.41, 5.74) is 0.571. The molecule has 1 aliphatic rings. The highest BCUT2D eigenvalue weighted by Gasteiger charge is 2.23. The van der Waals surface area contributed by atoms with Crippen LogP contribution in [0.1, 0.15) is 19.3 Å². The molecule has 1 unspecified atom stereocenters. The smallest absolute Gasteiger partial charge is 0.238 e. The molecule has 6 heteroatoms. The van der Waals surface area contributed by atoms with Crippen LogP contribution in [-0.4, -0.2) is 48.5 Å². The summed E-state index contributed by atoms with van der Waals surface area (Å²) in [7, 11) is 1.95. The average Bonchev–Trinajstić information content (AvgIpc) is 2.44. The molecule has 1 aromatic rings. The van der Waals surface area contributed by atoms with Gasteiger partial charge < -0.3 is 10.6 Å². The van der Waals surface area contributed by atoms with Gasteiger partial charge in [-0.3, -0.25) is 9.69 Å². The molecule has 110 valence electrons. The second-order valence-electron chi connectivity index (χ2n) is 5.07. The van der Waals surface area contributed by atoms with Crippen molar-refractivity contribution in [2.24, 2.45) is 0 Å². The van der Waals surface area contributed by atoms with Crippen molar-refractivity contribution in [3.8, 4) is 0 Å². The summed E-state index contributed by atoms with van der Waals surface area (Å²) in [4.78, 5) is 18.3. The van der Waals surface area contributed by atoms with Crippen LogP contribution in [0.25, 0.3) is 0 Å². The molecule has 1 aliphatic heterocycles. The number of nitrogens with zero attached hydrogens (tertiary/aromatic N) is 2. The Morgan fingerprint density at radius 2 is 2.40 bits per heavy atom. The van der Waals surface area contributed by atoms with E-state index in [1.807, 2.05) is 7.05 Å². The quantitative estimate of drug-likeness (QED) is 0.813. The van der Waals surface area contributed by atoms with Crippen molar-refractivity contribution in [2.75, 3.05) is 32.0 Å². The molecule has 2 heterocycles. The fourth-order valence-corrected chi connectivity index (χ4v) is 2.75. The van der Waals surface area contributed by atoms with Gasteiger partial charge in [0.25, 0.3) is 0 Å². The van der Waals surface area contributed by atoms with E-state index in [1.165, 1.54) is 6.42 Å². The van der Waals surface area contributed by atoms with E-state index in [4.69, 9.17) is 11.6 Å². The fourth-order valence-electron chi connectivity index (χ4n) is 2.59. The summed E-state index contributed by atoms with van der Waals surface area (Å²) < 4.78 is 0. The zero-order chi connectivity index (χ0) is 14.4. The molecule has 0 aliphatic carbocycles. The predicted octanol–water partition coefficient (Wildman–Crippen LogP) is 1.75. The molecule has 1 amide bonds. The number of aromatic nitrogens is 1. The van der Waals surface area contributed by atoms with Crippen molar-refractivity contribution >= 4 is 23.2 Å². The minimum atomic E-state index is -0.0390. The molecule has 20 heavy (non-hydrogen) atoms. The zero-order valence-electron chi connectivity index (χ0n) is 11.7. The fraction of sp³-hybridized carbons (Fsp3) is 0.571. The number of piperidine rings is 1. The number of carbonyl (C=O) groups is 1. The molecule has 1 fully saturated rings. The van der Waals surface area contributed by atoms with E-state index < -0.39 is 0 Å². The Bertz CT molecular complexity index is 453. The van der Waals surface area contributed by atoms with Crippen molar-refractivity contribution in [1.82, 2.24) is 15.2 Å². The molecular weight excluding hydrogens is 276 g/mol. The van der Waals surface area contributed by atoms with Crippen LogP contribution >= 0.6 is 11.6 Å². The van der Waals surface area contributed by atoms with E-state index in [9.17, 15) is 4.79 Å². The number of pyridine rings is 1. The number of likely N-dealkylation sites (N-methyl/N-ethyl adjacent to an activating group) is 1. The molecule has 0 radical (unpaired) electrons. The normalized spacial score (nSPS) is 19.8. The van der Waals surface area contributed by atoms with Gasteiger partial charge in [0.2, 0.25) is 5.91 Å². The molecule has 2 rings (SSSR count). The third kappa shape index (κ3) is 4.16. The Kier molecular flexibility index (Phi) is 5.76. The Morgan fingerprint density at radius 3 is 3.15 bits per heavy atom. The monoisotopic (exact) mass is 296 g/mol. The maximum absolute atomic E-state index is 12.1. The Morgan fingerprint density at radius 1 is 1.55 bits per heavy atom. The first-order valence-corrected chi connectivity index (χ1v) is 7.37. The molecular formula is C14H21ClN4O. The molecule has 1 atom stereocenters. The molecule has 5 nitrogen and oxygen atoms in total. The van der Waals surface area contributed by atoms with Gasteiger partial charge in [0.1, 0.15) is 0 Å². The van der Waals surface area contributed by atoms with Crippen LogP contribution in [0, 0.1) is 0 Å². The van der Waals surface area contributed by atoms with Crippen LogP contribution in [0.5, 0.6) is 0 Å². The lowest BCUT2D eigenvalue weighted by Crippen LogP contribution is -2.47. The van der Waals surface area contributed by atoms with Gasteiger partial charge in [0.15, 0.2) is 5.15 Å². The van der Waals surface area contributed by atoms with Crippen LogP contribution in [0.4, 0.5) is 5.69 Å². The maximum atomic E-state index is 12.1. The average molecular weight is 297 g/mol. The second-order valence-corrected chi connectivity index (χ2v) is 5.43. The third-order valence-corrected chi connectivity index (χ3v) is 3.87. The number of amides is 1. The highest BCUT2D eigenvalue weighted by atomic mass is 35.5. The number of nitrogens with one attached hydrogen (secondary N) is 2. The summed E-state index contributed by atoms with van der Waals surface area (Å²) in [6.45, 7) is 2.29. The van der Waals surface area contributed by atoms with Crippen molar-refractivity contribution in [3.05, 3.63) is 23.5 Å². The number of anilines is 1. The van der Waals surface area contributed by atoms with Crippen LogP contribution in [0.3, 0.4) is 0 Å². The van der Waals surface area contributed by atoms with Crippen LogP contribution in [0.2, 0.25) is 5.15 Å². The van der Waals surface area contributed by atoms with E-state index >= 15 is 0 Å². The van der Waals surface area contributed by atoms with Gasteiger partial charge in [-0.05, 0) is 38.6 Å². The highest BCUT2D eigenvalue weighted by Crippen LogP contribution is 2.19. The van der Waals surface area contributed by atoms with Gasteiger partial charge in [0.05, 0.1) is 12.2 Å². The summed E-state index contributed by atoms with van der Waals surface area (Å²) in [6, 6.07) is 3.95. The molecule has 0 aromatic carbocycles. The van der Waals surface area contributed by atoms with Gasteiger partial charge >= 0.3 is 0 Å². The van der Waals surface area contributed by atoms with Gasteiger partial charge in [-0.2, -0.15) is 0 Å². The van der Waals surface area contributed by atoms with Crippen LogP contribution < -0.4 is 10.6 Å². The predicted molar refractivity (Wildman–Crippen MR) is 81.0 cm³/mol. The molecule has 0 bridgehead atoms. The van der Waals surface area contributed by atoms with E-state index in [0.29, 0.717) is 23.4 Å². The minimum absolute atomic E-state index is 0.0390. The Balaban J connectivity index is 1.91. The minimum Gasteiger partial charge on any atom is -0.322 e.